The lowest BCUT2D eigenvalue weighted by Gasteiger charge is -2.24. The highest BCUT2D eigenvalue weighted by molar-refractivity contribution is 5.89. The fourth-order valence-electron chi connectivity index (χ4n) is 3.03. The Kier molecular flexibility index (Phi) is 5.61. The number of esters is 1. The standard InChI is InChI=1S/C17H20N2O2.ClH/c1-2-21-17(20)15-6-5-13-9-12(3-4-14(13)11-15)10-16-18-7-8-19-16;/h5-8,11-12H,2-4,9-10H2,1H3,(H,18,19);1H. The number of imidazole rings is 1. The first-order chi connectivity index (χ1) is 10.3. The number of nitrogens with one attached hydrogen (secondary N) is 1. The minimum atomic E-state index is -0.224. The summed E-state index contributed by atoms with van der Waals surface area (Å²) in [4.78, 5) is 19.3. The van der Waals surface area contributed by atoms with Crippen LogP contribution in [0.5, 0.6) is 0 Å². The Morgan fingerprint density at radius 2 is 2.27 bits per heavy atom. The van der Waals surface area contributed by atoms with E-state index in [-0.39, 0.29) is 18.4 Å². The molecule has 1 aromatic carbocycles. The number of hydrogen-bond donors (Lipinski definition) is 1. The van der Waals surface area contributed by atoms with Crippen molar-refractivity contribution in [3.63, 3.8) is 0 Å². The van der Waals surface area contributed by atoms with Crippen LogP contribution in [-0.2, 0) is 24.0 Å². The van der Waals surface area contributed by atoms with Gasteiger partial charge in [-0.25, -0.2) is 9.78 Å². The zero-order valence-electron chi connectivity index (χ0n) is 12.7. The molecule has 0 saturated heterocycles. The van der Waals surface area contributed by atoms with Crippen molar-refractivity contribution >= 4 is 18.4 Å². The predicted octanol–water partition coefficient (Wildman–Crippen LogP) is 3.36. The summed E-state index contributed by atoms with van der Waals surface area (Å²) in [5.41, 5.74) is 3.31. The number of H-pyrrole nitrogens is 1. The lowest BCUT2D eigenvalue weighted by molar-refractivity contribution is 0.0526. The third kappa shape index (κ3) is 3.69. The Labute approximate surface area is 136 Å². The van der Waals surface area contributed by atoms with Crippen LogP contribution in [0.2, 0.25) is 0 Å². The number of fused-ring (bicyclic) bond motifs is 1. The summed E-state index contributed by atoms with van der Waals surface area (Å²) in [5.74, 6) is 1.46. The summed E-state index contributed by atoms with van der Waals surface area (Å²) in [6.45, 7) is 2.25. The van der Waals surface area contributed by atoms with E-state index in [1.54, 1.807) is 6.20 Å². The van der Waals surface area contributed by atoms with Crippen molar-refractivity contribution in [3.8, 4) is 0 Å². The first-order valence-electron chi connectivity index (χ1n) is 7.53. The molecule has 0 bridgehead atoms. The quantitative estimate of drug-likeness (QED) is 0.879. The van der Waals surface area contributed by atoms with Crippen LogP contribution in [0.1, 0.15) is 40.7 Å². The van der Waals surface area contributed by atoms with E-state index in [9.17, 15) is 4.79 Å². The first-order valence-corrected chi connectivity index (χ1v) is 7.53. The Morgan fingerprint density at radius 3 is 3.00 bits per heavy atom. The van der Waals surface area contributed by atoms with E-state index in [2.05, 4.69) is 16.0 Å². The fraction of sp³-hybridized carbons (Fsp3) is 0.412. The summed E-state index contributed by atoms with van der Waals surface area (Å²) in [6, 6.07) is 5.96. The molecular weight excluding hydrogens is 300 g/mol. The molecule has 4 nitrogen and oxygen atoms in total. The number of carbonyl (C=O) groups is 1. The average molecular weight is 321 g/mol. The van der Waals surface area contributed by atoms with Gasteiger partial charge in [0.1, 0.15) is 5.82 Å². The van der Waals surface area contributed by atoms with Crippen molar-refractivity contribution < 1.29 is 9.53 Å². The lowest BCUT2D eigenvalue weighted by atomic mass is 9.81. The van der Waals surface area contributed by atoms with Crippen molar-refractivity contribution in [1.29, 1.82) is 0 Å². The molecule has 0 saturated carbocycles. The van der Waals surface area contributed by atoms with E-state index in [1.807, 2.05) is 25.3 Å². The first kappa shape index (κ1) is 16.6. The minimum Gasteiger partial charge on any atom is -0.462 e. The molecule has 1 atom stereocenters. The van der Waals surface area contributed by atoms with Crippen molar-refractivity contribution in [2.45, 2.75) is 32.6 Å². The Balaban J connectivity index is 0.00000176. The molecule has 1 aliphatic carbocycles. The number of aromatic amines is 1. The van der Waals surface area contributed by atoms with Crippen LogP contribution in [0, 0.1) is 5.92 Å². The molecule has 22 heavy (non-hydrogen) atoms. The average Bonchev–Trinajstić information content (AvgIpc) is 3.00. The molecule has 1 unspecified atom stereocenters. The van der Waals surface area contributed by atoms with Crippen LogP contribution in [0.4, 0.5) is 0 Å². The Bertz CT molecular complexity index is 626. The molecule has 118 valence electrons. The number of carbonyl (C=O) groups excluding carboxylic acids is 1. The van der Waals surface area contributed by atoms with Gasteiger partial charge in [-0.05, 0) is 55.4 Å². The van der Waals surface area contributed by atoms with Gasteiger partial charge in [0.05, 0.1) is 12.2 Å². The molecule has 1 aliphatic rings. The highest BCUT2D eigenvalue weighted by Gasteiger charge is 2.21. The zero-order chi connectivity index (χ0) is 14.7. The van der Waals surface area contributed by atoms with E-state index in [1.165, 1.54) is 11.1 Å². The molecule has 1 N–H and O–H groups in total. The van der Waals surface area contributed by atoms with Gasteiger partial charge in [0.25, 0.3) is 0 Å². The molecule has 0 radical (unpaired) electrons. The number of nitrogens with zero attached hydrogens (tertiary/aromatic N) is 1. The van der Waals surface area contributed by atoms with Gasteiger partial charge in [0.15, 0.2) is 0 Å². The number of aromatic nitrogens is 2. The van der Waals surface area contributed by atoms with Gasteiger partial charge in [0.2, 0.25) is 0 Å². The van der Waals surface area contributed by atoms with Crippen LogP contribution in [-0.4, -0.2) is 22.5 Å². The second-order valence-electron chi connectivity index (χ2n) is 5.55. The van der Waals surface area contributed by atoms with Gasteiger partial charge in [-0.3, -0.25) is 0 Å². The van der Waals surface area contributed by atoms with E-state index >= 15 is 0 Å². The molecule has 2 aromatic rings. The van der Waals surface area contributed by atoms with Crippen LogP contribution in [0.25, 0.3) is 0 Å². The summed E-state index contributed by atoms with van der Waals surface area (Å²) in [6.07, 6.45) is 7.88. The van der Waals surface area contributed by atoms with Gasteiger partial charge in [-0.1, -0.05) is 6.07 Å². The second-order valence-corrected chi connectivity index (χ2v) is 5.55. The molecule has 5 heteroatoms. The van der Waals surface area contributed by atoms with Crippen LogP contribution < -0.4 is 0 Å². The van der Waals surface area contributed by atoms with Crippen LogP contribution in [0.3, 0.4) is 0 Å². The van der Waals surface area contributed by atoms with Crippen LogP contribution in [0.15, 0.2) is 30.6 Å². The summed E-state index contributed by atoms with van der Waals surface area (Å²) >= 11 is 0. The normalized spacial score (nSPS) is 16.5. The zero-order valence-corrected chi connectivity index (χ0v) is 13.5. The van der Waals surface area contributed by atoms with E-state index in [0.29, 0.717) is 18.1 Å². The minimum absolute atomic E-state index is 0. The fourth-order valence-corrected chi connectivity index (χ4v) is 3.03. The van der Waals surface area contributed by atoms with Crippen molar-refractivity contribution in [3.05, 3.63) is 53.1 Å². The van der Waals surface area contributed by atoms with E-state index < -0.39 is 0 Å². The maximum absolute atomic E-state index is 11.8. The number of hydrogen-bond acceptors (Lipinski definition) is 3. The molecule has 0 aliphatic heterocycles. The maximum atomic E-state index is 11.8. The topological polar surface area (TPSA) is 55.0 Å². The number of halogens is 1. The molecule has 1 aromatic heterocycles. The van der Waals surface area contributed by atoms with Gasteiger partial charge in [-0.2, -0.15) is 0 Å². The molecular formula is C17H21ClN2O2. The van der Waals surface area contributed by atoms with Crippen molar-refractivity contribution in [1.82, 2.24) is 9.97 Å². The Hall–Kier alpha value is -1.81. The molecule has 3 rings (SSSR count). The smallest absolute Gasteiger partial charge is 0.338 e. The molecule has 1 heterocycles. The maximum Gasteiger partial charge on any atom is 0.338 e. The monoisotopic (exact) mass is 320 g/mol. The Morgan fingerprint density at radius 1 is 1.41 bits per heavy atom. The number of rotatable bonds is 4. The highest BCUT2D eigenvalue weighted by Crippen LogP contribution is 2.28. The molecule has 0 spiro atoms. The predicted molar refractivity (Wildman–Crippen MR) is 87.5 cm³/mol. The van der Waals surface area contributed by atoms with E-state index in [4.69, 9.17) is 4.74 Å². The second kappa shape index (κ2) is 7.45. The van der Waals surface area contributed by atoms with Crippen LogP contribution >= 0.6 is 12.4 Å². The number of aryl methyl sites for hydroxylation is 1. The van der Waals surface area contributed by atoms with Gasteiger partial charge in [0, 0.05) is 18.8 Å². The van der Waals surface area contributed by atoms with Crippen molar-refractivity contribution in [2.24, 2.45) is 5.92 Å². The summed E-state index contributed by atoms with van der Waals surface area (Å²) < 4.78 is 5.06. The molecule has 0 fully saturated rings. The third-order valence-electron chi connectivity index (χ3n) is 4.08. The van der Waals surface area contributed by atoms with Crippen molar-refractivity contribution in [2.75, 3.05) is 6.61 Å². The third-order valence-corrected chi connectivity index (χ3v) is 4.08. The number of ether oxygens (including phenoxy) is 1. The van der Waals surface area contributed by atoms with E-state index in [0.717, 1.165) is 31.5 Å². The van der Waals surface area contributed by atoms with Gasteiger partial charge >= 0.3 is 5.97 Å². The summed E-state index contributed by atoms with van der Waals surface area (Å²) in [5, 5.41) is 0. The SMILES string of the molecule is CCOC(=O)c1ccc2c(c1)CCC(Cc1ncc[nH]1)C2.Cl. The van der Waals surface area contributed by atoms with Gasteiger partial charge < -0.3 is 9.72 Å². The summed E-state index contributed by atoms with van der Waals surface area (Å²) in [7, 11) is 0. The lowest BCUT2D eigenvalue weighted by Crippen LogP contribution is -2.18. The van der Waals surface area contributed by atoms with Gasteiger partial charge in [-0.15, -0.1) is 12.4 Å². The number of benzene rings is 1. The highest BCUT2D eigenvalue weighted by atomic mass is 35.5. The largest absolute Gasteiger partial charge is 0.462 e. The molecule has 0 amide bonds.